The van der Waals surface area contributed by atoms with Gasteiger partial charge >= 0.3 is 5.97 Å². The number of carboxylic acids is 1. The largest absolute Gasteiger partial charge is 0.480 e. The molecule has 2 aliphatic heterocycles. The Morgan fingerprint density at radius 3 is 2.89 bits per heavy atom. The molecule has 0 aromatic carbocycles. The van der Waals surface area contributed by atoms with Crippen molar-refractivity contribution in [3.63, 3.8) is 0 Å². The Bertz CT molecular complexity index is 276. The molecule has 0 spiro atoms. The van der Waals surface area contributed by atoms with Gasteiger partial charge in [0.05, 0.1) is 6.10 Å². The third-order valence-electron chi connectivity index (χ3n) is 4.29. The van der Waals surface area contributed by atoms with Crippen molar-refractivity contribution in [2.45, 2.75) is 57.6 Å². The van der Waals surface area contributed by atoms with E-state index in [9.17, 15) is 9.90 Å². The van der Waals surface area contributed by atoms with Crippen molar-refractivity contribution in [1.82, 2.24) is 4.90 Å². The number of likely N-dealkylation sites (tertiary alicyclic amines) is 1. The predicted octanol–water partition coefficient (Wildman–Crippen LogP) is 2.13. The molecule has 0 bridgehead atoms. The highest BCUT2D eigenvalue weighted by atomic mass is 16.5. The summed E-state index contributed by atoms with van der Waals surface area (Å²) in [5, 5.41) is 9.32. The van der Waals surface area contributed by atoms with Crippen LogP contribution < -0.4 is 0 Å². The minimum absolute atomic E-state index is 0.275. The standard InChI is InChI=1S/C14H25NO3/c1-11-5-2-8-15(13(11)14(16)17)9-3-6-12-7-4-10-18-12/h11-13H,2-10H2,1H3,(H,16,17). The van der Waals surface area contributed by atoms with Gasteiger partial charge < -0.3 is 9.84 Å². The van der Waals surface area contributed by atoms with Gasteiger partial charge in [-0.1, -0.05) is 6.92 Å². The average molecular weight is 255 g/mol. The van der Waals surface area contributed by atoms with E-state index in [0.717, 1.165) is 45.4 Å². The summed E-state index contributed by atoms with van der Waals surface area (Å²) in [4.78, 5) is 13.5. The molecule has 3 unspecified atom stereocenters. The van der Waals surface area contributed by atoms with Crippen molar-refractivity contribution in [2.24, 2.45) is 5.92 Å². The van der Waals surface area contributed by atoms with E-state index in [1.807, 2.05) is 0 Å². The molecule has 0 aromatic rings. The average Bonchev–Trinajstić information content (AvgIpc) is 2.81. The fourth-order valence-electron chi connectivity index (χ4n) is 3.32. The van der Waals surface area contributed by atoms with Crippen LogP contribution in [0, 0.1) is 5.92 Å². The van der Waals surface area contributed by atoms with Crippen LogP contribution in [0.5, 0.6) is 0 Å². The van der Waals surface area contributed by atoms with Gasteiger partial charge in [-0.2, -0.15) is 0 Å². The summed E-state index contributed by atoms with van der Waals surface area (Å²) >= 11 is 0. The van der Waals surface area contributed by atoms with Crippen LogP contribution in [0.2, 0.25) is 0 Å². The number of aliphatic carboxylic acids is 1. The SMILES string of the molecule is CC1CCCN(CCCC2CCCO2)C1C(=O)O. The van der Waals surface area contributed by atoms with Gasteiger partial charge in [-0.25, -0.2) is 0 Å². The second-order valence-corrected chi connectivity index (χ2v) is 5.72. The van der Waals surface area contributed by atoms with Crippen LogP contribution in [-0.4, -0.2) is 47.8 Å². The smallest absolute Gasteiger partial charge is 0.321 e. The van der Waals surface area contributed by atoms with Crippen molar-refractivity contribution in [2.75, 3.05) is 19.7 Å². The molecule has 2 saturated heterocycles. The lowest BCUT2D eigenvalue weighted by Crippen LogP contribution is -2.49. The first-order valence-electron chi connectivity index (χ1n) is 7.27. The minimum Gasteiger partial charge on any atom is -0.480 e. The first-order valence-corrected chi connectivity index (χ1v) is 7.27. The first kappa shape index (κ1) is 13.8. The Hall–Kier alpha value is -0.610. The van der Waals surface area contributed by atoms with Gasteiger partial charge in [-0.05, 0) is 57.5 Å². The Balaban J connectivity index is 1.76. The molecule has 104 valence electrons. The van der Waals surface area contributed by atoms with E-state index in [-0.39, 0.29) is 12.0 Å². The summed E-state index contributed by atoms with van der Waals surface area (Å²) in [5.74, 6) is -0.377. The fourth-order valence-corrected chi connectivity index (χ4v) is 3.32. The van der Waals surface area contributed by atoms with E-state index in [1.54, 1.807) is 0 Å². The van der Waals surface area contributed by atoms with E-state index in [0.29, 0.717) is 6.10 Å². The highest BCUT2D eigenvalue weighted by Gasteiger charge is 2.33. The molecule has 0 aromatic heterocycles. The summed E-state index contributed by atoms with van der Waals surface area (Å²) < 4.78 is 5.60. The Labute approximate surface area is 109 Å². The van der Waals surface area contributed by atoms with Crippen molar-refractivity contribution in [1.29, 1.82) is 0 Å². The van der Waals surface area contributed by atoms with Crippen LogP contribution in [0.3, 0.4) is 0 Å². The molecule has 2 aliphatic rings. The van der Waals surface area contributed by atoms with Crippen molar-refractivity contribution >= 4 is 5.97 Å². The van der Waals surface area contributed by atoms with Crippen LogP contribution in [0.1, 0.15) is 45.4 Å². The van der Waals surface area contributed by atoms with E-state index in [1.165, 1.54) is 12.8 Å². The second kappa shape index (κ2) is 6.53. The second-order valence-electron chi connectivity index (χ2n) is 5.72. The molecule has 18 heavy (non-hydrogen) atoms. The number of carboxylic acid groups (broad SMARTS) is 1. The van der Waals surface area contributed by atoms with Crippen LogP contribution in [0.25, 0.3) is 0 Å². The normalized spacial score (nSPS) is 33.7. The summed E-state index contributed by atoms with van der Waals surface area (Å²) in [5.41, 5.74) is 0. The van der Waals surface area contributed by atoms with Crippen molar-refractivity contribution < 1.29 is 14.6 Å². The van der Waals surface area contributed by atoms with Gasteiger partial charge in [-0.3, -0.25) is 9.69 Å². The number of nitrogens with zero attached hydrogens (tertiary/aromatic N) is 1. The Kier molecular flexibility index (Phi) is 5.01. The molecule has 2 fully saturated rings. The zero-order valence-corrected chi connectivity index (χ0v) is 11.3. The monoisotopic (exact) mass is 255 g/mol. The molecular formula is C14H25NO3. The van der Waals surface area contributed by atoms with E-state index in [2.05, 4.69) is 11.8 Å². The molecule has 3 atom stereocenters. The Morgan fingerprint density at radius 1 is 1.39 bits per heavy atom. The number of piperidine rings is 1. The number of ether oxygens (including phenoxy) is 1. The highest BCUT2D eigenvalue weighted by molar-refractivity contribution is 5.74. The van der Waals surface area contributed by atoms with Crippen LogP contribution in [0.15, 0.2) is 0 Å². The van der Waals surface area contributed by atoms with Gasteiger partial charge in [0.2, 0.25) is 0 Å². The maximum atomic E-state index is 11.3. The first-order chi connectivity index (χ1) is 8.68. The third kappa shape index (κ3) is 3.45. The molecule has 2 rings (SSSR count). The minimum atomic E-state index is -0.653. The topological polar surface area (TPSA) is 49.8 Å². The van der Waals surface area contributed by atoms with E-state index < -0.39 is 5.97 Å². The molecule has 0 radical (unpaired) electrons. The molecule has 1 N–H and O–H groups in total. The molecule has 0 aliphatic carbocycles. The number of carbonyl (C=O) groups is 1. The molecule has 4 heteroatoms. The zero-order chi connectivity index (χ0) is 13.0. The lowest BCUT2D eigenvalue weighted by atomic mass is 9.90. The third-order valence-corrected chi connectivity index (χ3v) is 4.29. The summed E-state index contributed by atoms with van der Waals surface area (Å²) in [7, 11) is 0. The van der Waals surface area contributed by atoms with Crippen molar-refractivity contribution in [3.8, 4) is 0 Å². The zero-order valence-electron chi connectivity index (χ0n) is 11.3. The van der Waals surface area contributed by atoms with E-state index in [4.69, 9.17) is 4.74 Å². The lowest BCUT2D eigenvalue weighted by molar-refractivity contribution is -0.146. The van der Waals surface area contributed by atoms with Gasteiger partial charge in [0.25, 0.3) is 0 Å². The van der Waals surface area contributed by atoms with Crippen LogP contribution in [0.4, 0.5) is 0 Å². The maximum absolute atomic E-state index is 11.3. The van der Waals surface area contributed by atoms with Gasteiger partial charge in [0.15, 0.2) is 0 Å². The predicted molar refractivity (Wildman–Crippen MR) is 69.6 cm³/mol. The van der Waals surface area contributed by atoms with Gasteiger partial charge in [0, 0.05) is 6.61 Å². The summed E-state index contributed by atoms with van der Waals surface area (Å²) in [6.07, 6.45) is 7.10. The van der Waals surface area contributed by atoms with E-state index >= 15 is 0 Å². The highest BCUT2D eigenvalue weighted by Crippen LogP contribution is 2.24. The number of rotatable bonds is 5. The fraction of sp³-hybridized carbons (Fsp3) is 0.929. The molecule has 4 nitrogen and oxygen atoms in total. The number of hydrogen-bond donors (Lipinski definition) is 1. The molecule has 0 amide bonds. The van der Waals surface area contributed by atoms with Gasteiger partial charge in [-0.15, -0.1) is 0 Å². The lowest BCUT2D eigenvalue weighted by Gasteiger charge is -2.37. The van der Waals surface area contributed by atoms with Crippen molar-refractivity contribution in [3.05, 3.63) is 0 Å². The molecule has 2 heterocycles. The maximum Gasteiger partial charge on any atom is 0.321 e. The van der Waals surface area contributed by atoms with Gasteiger partial charge in [0.1, 0.15) is 6.04 Å². The van der Waals surface area contributed by atoms with Crippen LogP contribution in [-0.2, 0) is 9.53 Å². The number of hydrogen-bond acceptors (Lipinski definition) is 3. The summed E-state index contributed by atoms with van der Waals surface area (Å²) in [6, 6.07) is -0.275. The quantitative estimate of drug-likeness (QED) is 0.817. The Morgan fingerprint density at radius 2 is 2.22 bits per heavy atom. The van der Waals surface area contributed by atoms with Crippen LogP contribution >= 0.6 is 0 Å². The molecule has 0 saturated carbocycles. The summed E-state index contributed by atoms with van der Waals surface area (Å²) in [6.45, 7) is 4.81. The molecular weight excluding hydrogens is 230 g/mol.